The lowest BCUT2D eigenvalue weighted by Crippen LogP contribution is -2.32. The standard InChI is InChI=1S/C18H19N3O2S/c22-16(12-6-2-1-3-7-12)20-18-19-15-13(8-9-14(15)24-18)17(23)21-10-4-5-11-21/h1-3,6-7,13H,4-5,8-11H2,(H,19,20,22). The number of fused-ring (bicyclic) bond motifs is 1. The second-order valence-corrected chi connectivity index (χ2v) is 7.35. The second kappa shape index (κ2) is 6.36. The lowest BCUT2D eigenvalue weighted by Gasteiger charge is -2.19. The first-order chi connectivity index (χ1) is 11.7. The lowest BCUT2D eigenvalue weighted by molar-refractivity contribution is -0.131. The summed E-state index contributed by atoms with van der Waals surface area (Å²) in [5.41, 5.74) is 1.48. The molecule has 1 aromatic heterocycles. The van der Waals surface area contributed by atoms with Crippen LogP contribution in [0.5, 0.6) is 0 Å². The van der Waals surface area contributed by atoms with Crippen molar-refractivity contribution >= 4 is 28.3 Å². The van der Waals surface area contributed by atoms with E-state index in [9.17, 15) is 9.59 Å². The van der Waals surface area contributed by atoms with E-state index in [2.05, 4.69) is 10.3 Å². The summed E-state index contributed by atoms with van der Waals surface area (Å²) in [6.45, 7) is 1.73. The molecule has 1 unspecified atom stereocenters. The number of nitrogens with zero attached hydrogens (tertiary/aromatic N) is 2. The number of anilines is 1. The predicted octanol–water partition coefficient (Wildman–Crippen LogP) is 3.05. The third kappa shape index (κ3) is 2.82. The number of benzene rings is 1. The number of hydrogen-bond acceptors (Lipinski definition) is 4. The molecule has 0 spiro atoms. The molecular formula is C18H19N3O2S. The molecule has 1 aliphatic heterocycles. The summed E-state index contributed by atoms with van der Waals surface area (Å²) in [4.78, 5) is 32.6. The van der Waals surface area contributed by atoms with Crippen molar-refractivity contribution in [2.45, 2.75) is 31.6 Å². The molecule has 1 aliphatic carbocycles. The van der Waals surface area contributed by atoms with Gasteiger partial charge in [0.1, 0.15) is 0 Å². The molecule has 6 heteroatoms. The van der Waals surface area contributed by atoms with Gasteiger partial charge in [0.2, 0.25) is 5.91 Å². The molecule has 1 fully saturated rings. The predicted molar refractivity (Wildman–Crippen MR) is 93.4 cm³/mol. The van der Waals surface area contributed by atoms with Gasteiger partial charge in [-0.25, -0.2) is 4.98 Å². The Morgan fingerprint density at radius 1 is 1.17 bits per heavy atom. The average molecular weight is 341 g/mol. The first-order valence-electron chi connectivity index (χ1n) is 8.37. The maximum absolute atomic E-state index is 12.7. The first kappa shape index (κ1) is 15.3. The van der Waals surface area contributed by atoms with Gasteiger partial charge in [-0.2, -0.15) is 0 Å². The van der Waals surface area contributed by atoms with Crippen molar-refractivity contribution in [3.63, 3.8) is 0 Å². The van der Waals surface area contributed by atoms with Crippen LogP contribution in [0.15, 0.2) is 30.3 Å². The van der Waals surface area contributed by atoms with E-state index >= 15 is 0 Å². The monoisotopic (exact) mass is 341 g/mol. The molecule has 0 bridgehead atoms. The van der Waals surface area contributed by atoms with E-state index in [0.717, 1.165) is 49.3 Å². The van der Waals surface area contributed by atoms with E-state index in [1.165, 1.54) is 11.3 Å². The van der Waals surface area contributed by atoms with E-state index in [1.807, 2.05) is 23.1 Å². The molecule has 2 aliphatic rings. The van der Waals surface area contributed by atoms with Gasteiger partial charge in [0.05, 0.1) is 11.6 Å². The summed E-state index contributed by atoms with van der Waals surface area (Å²) in [5.74, 6) is -0.0837. The maximum Gasteiger partial charge on any atom is 0.257 e. The van der Waals surface area contributed by atoms with Gasteiger partial charge in [0.15, 0.2) is 5.13 Å². The fraction of sp³-hybridized carbons (Fsp3) is 0.389. The molecule has 2 aromatic rings. The highest BCUT2D eigenvalue weighted by Gasteiger charge is 2.36. The Labute approximate surface area is 144 Å². The van der Waals surface area contributed by atoms with Crippen LogP contribution < -0.4 is 5.32 Å². The van der Waals surface area contributed by atoms with Crippen LogP contribution in [0.3, 0.4) is 0 Å². The number of hydrogen-bond donors (Lipinski definition) is 1. The van der Waals surface area contributed by atoms with Crippen LogP contribution in [0, 0.1) is 0 Å². The largest absolute Gasteiger partial charge is 0.342 e. The van der Waals surface area contributed by atoms with Gasteiger partial charge < -0.3 is 4.90 Å². The lowest BCUT2D eigenvalue weighted by atomic mass is 10.1. The number of likely N-dealkylation sites (tertiary alicyclic amines) is 1. The minimum absolute atomic E-state index is 0.128. The van der Waals surface area contributed by atoms with Gasteiger partial charge in [0, 0.05) is 23.5 Å². The molecule has 2 heterocycles. The van der Waals surface area contributed by atoms with Crippen LogP contribution in [0.25, 0.3) is 0 Å². The van der Waals surface area contributed by atoms with Gasteiger partial charge >= 0.3 is 0 Å². The Morgan fingerprint density at radius 2 is 1.92 bits per heavy atom. The van der Waals surface area contributed by atoms with Gasteiger partial charge in [-0.1, -0.05) is 18.2 Å². The number of aryl methyl sites for hydroxylation is 1. The molecule has 1 atom stereocenters. The van der Waals surface area contributed by atoms with Crippen molar-refractivity contribution in [3.8, 4) is 0 Å². The number of carbonyl (C=O) groups is 2. The van der Waals surface area contributed by atoms with Crippen LogP contribution in [0.2, 0.25) is 0 Å². The number of aromatic nitrogens is 1. The van der Waals surface area contributed by atoms with Crippen molar-refractivity contribution in [1.82, 2.24) is 9.88 Å². The number of thiazole rings is 1. The zero-order chi connectivity index (χ0) is 16.5. The molecule has 1 N–H and O–H groups in total. The van der Waals surface area contributed by atoms with E-state index in [4.69, 9.17) is 0 Å². The van der Waals surface area contributed by atoms with Gasteiger partial charge in [-0.05, 0) is 37.8 Å². The summed E-state index contributed by atoms with van der Waals surface area (Å²) in [5, 5.41) is 3.45. The van der Waals surface area contributed by atoms with E-state index in [-0.39, 0.29) is 17.7 Å². The summed E-state index contributed by atoms with van der Waals surface area (Å²) in [7, 11) is 0. The van der Waals surface area contributed by atoms with Gasteiger partial charge in [-0.15, -0.1) is 11.3 Å². The van der Waals surface area contributed by atoms with E-state index in [1.54, 1.807) is 12.1 Å². The Morgan fingerprint density at radius 3 is 2.67 bits per heavy atom. The van der Waals surface area contributed by atoms with Crippen LogP contribution >= 0.6 is 11.3 Å². The van der Waals surface area contributed by atoms with Gasteiger partial charge in [0.25, 0.3) is 5.91 Å². The summed E-state index contributed by atoms with van der Waals surface area (Å²) < 4.78 is 0. The van der Waals surface area contributed by atoms with Crippen LogP contribution in [0.4, 0.5) is 5.13 Å². The minimum atomic E-state index is -0.162. The third-order valence-electron chi connectivity index (χ3n) is 4.69. The molecule has 4 rings (SSSR count). The van der Waals surface area contributed by atoms with Crippen molar-refractivity contribution in [1.29, 1.82) is 0 Å². The average Bonchev–Trinajstić information content (AvgIpc) is 3.32. The fourth-order valence-corrected chi connectivity index (χ4v) is 4.47. The van der Waals surface area contributed by atoms with Crippen molar-refractivity contribution in [3.05, 3.63) is 46.5 Å². The normalized spacial score (nSPS) is 19.3. The second-order valence-electron chi connectivity index (χ2n) is 6.27. The highest BCUT2D eigenvalue weighted by Crippen LogP contribution is 2.39. The smallest absolute Gasteiger partial charge is 0.257 e. The van der Waals surface area contributed by atoms with Gasteiger partial charge in [-0.3, -0.25) is 14.9 Å². The molecule has 1 aromatic carbocycles. The third-order valence-corrected chi connectivity index (χ3v) is 5.74. The molecule has 24 heavy (non-hydrogen) atoms. The van der Waals surface area contributed by atoms with E-state index in [0.29, 0.717) is 10.7 Å². The van der Waals surface area contributed by atoms with Crippen LogP contribution in [-0.4, -0.2) is 34.8 Å². The summed E-state index contributed by atoms with van der Waals surface area (Å²) in [6.07, 6.45) is 3.91. The maximum atomic E-state index is 12.7. The van der Waals surface area contributed by atoms with Crippen LogP contribution in [-0.2, 0) is 11.2 Å². The number of rotatable bonds is 3. The number of nitrogens with one attached hydrogen (secondary N) is 1. The van der Waals surface area contributed by atoms with Crippen molar-refractivity contribution in [2.75, 3.05) is 18.4 Å². The minimum Gasteiger partial charge on any atom is -0.342 e. The molecular weight excluding hydrogens is 322 g/mol. The zero-order valence-electron chi connectivity index (χ0n) is 13.3. The SMILES string of the molecule is O=C(Nc1nc2c(s1)CCC2C(=O)N1CCCC1)c1ccccc1. The number of amides is 2. The molecule has 124 valence electrons. The first-order valence-corrected chi connectivity index (χ1v) is 9.19. The van der Waals surface area contributed by atoms with Crippen molar-refractivity contribution in [2.24, 2.45) is 0 Å². The number of carbonyl (C=O) groups excluding carboxylic acids is 2. The topological polar surface area (TPSA) is 62.3 Å². The highest BCUT2D eigenvalue weighted by atomic mass is 32.1. The Bertz CT molecular complexity index is 766. The Kier molecular flexibility index (Phi) is 4.06. The van der Waals surface area contributed by atoms with Crippen LogP contribution in [0.1, 0.15) is 46.1 Å². The molecule has 0 radical (unpaired) electrons. The summed E-state index contributed by atoms with van der Waals surface area (Å²) >= 11 is 1.49. The van der Waals surface area contributed by atoms with Crippen molar-refractivity contribution < 1.29 is 9.59 Å². The highest BCUT2D eigenvalue weighted by molar-refractivity contribution is 7.16. The molecule has 2 amide bonds. The fourth-order valence-electron chi connectivity index (χ4n) is 3.44. The zero-order valence-corrected chi connectivity index (χ0v) is 14.1. The van der Waals surface area contributed by atoms with E-state index < -0.39 is 0 Å². The molecule has 5 nitrogen and oxygen atoms in total. The summed E-state index contributed by atoms with van der Waals surface area (Å²) in [6, 6.07) is 9.10. The Balaban J connectivity index is 1.50. The quantitative estimate of drug-likeness (QED) is 0.933. The molecule has 1 saturated heterocycles. The molecule has 0 saturated carbocycles. The Hall–Kier alpha value is -2.21.